The van der Waals surface area contributed by atoms with Crippen LogP contribution in [0, 0.1) is 11.3 Å². The van der Waals surface area contributed by atoms with Gasteiger partial charge in [-0.15, -0.1) is 0 Å². The molecule has 0 saturated carbocycles. The van der Waals surface area contributed by atoms with E-state index in [1.165, 1.54) is 16.9 Å². The Bertz CT molecular complexity index is 537. The lowest BCUT2D eigenvalue weighted by Gasteiger charge is -2.20. The Kier molecular flexibility index (Phi) is 6.65. The maximum atomic E-state index is 12.0. The Morgan fingerprint density at radius 1 is 1.35 bits per heavy atom. The van der Waals surface area contributed by atoms with Crippen molar-refractivity contribution in [2.75, 3.05) is 13.6 Å². The van der Waals surface area contributed by atoms with Crippen LogP contribution in [0.5, 0.6) is 0 Å². The molecule has 0 spiro atoms. The summed E-state index contributed by atoms with van der Waals surface area (Å²) in [5.41, 5.74) is 1.19. The van der Waals surface area contributed by atoms with E-state index in [-0.39, 0.29) is 19.0 Å². The average Bonchev–Trinajstić information content (AvgIpc) is 2.43. The van der Waals surface area contributed by atoms with Gasteiger partial charge in [-0.25, -0.2) is 0 Å². The smallest absolute Gasteiger partial charge is 0.199 e. The molecular weight excluding hydrogens is 274 g/mol. The molecule has 0 aliphatic heterocycles. The van der Waals surface area contributed by atoms with E-state index < -0.39 is 10.2 Å². The molecule has 0 aromatic heterocycles. The largest absolute Gasteiger partial charge is 0.279 e. The van der Waals surface area contributed by atoms with Gasteiger partial charge in [0.2, 0.25) is 0 Å². The Labute approximate surface area is 121 Å². The van der Waals surface area contributed by atoms with Gasteiger partial charge in [-0.2, -0.15) is 22.7 Å². The van der Waals surface area contributed by atoms with Crippen molar-refractivity contribution in [3.63, 3.8) is 0 Å². The van der Waals surface area contributed by atoms with Gasteiger partial charge >= 0.3 is 0 Å². The van der Waals surface area contributed by atoms with Crippen LogP contribution < -0.4 is 4.72 Å². The third-order valence-electron chi connectivity index (χ3n) is 3.01. The van der Waals surface area contributed by atoms with E-state index >= 15 is 0 Å². The fourth-order valence-corrected chi connectivity index (χ4v) is 2.90. The zero-order chi connectivity index (χ0) is 15.0. The number of rotatable bonds is 8. The number of aryl methyl sites for hydroxylation is 1. The normalized spacial score (nSPS) is 13.1. The SMILES string of the molecule is CC(CCc1ccccc1)NS(=O)(=O)N(C)CCC#N. The van der Waals surface area contributed by atoms with Crippen LogP contribution in [0.4, 0.5) is 0 Å². The zero-order valence-electron chi connectivity index (χ0n) is 11.9. The van der Waals surface area contributed by atoms with Gasteiger partial charge in [0.1, 0.15) is 0 Å². The predicted octanol–water partition coefficient (Wildman–Crippen LogP) is 1.69. The van der Waals surface area contributed by atoms with E-state index in [0.29, 0.717) is 0 Å². The molecule has 1 rings (SSSR count). The van der Waals surface area contributed by atoms with Crippen LogP contribution in [-0.4, -0.2) is 32.4 Å². The molecule has 1 aromatic carbocycles. The summed E-state index contributed by atoms with van der Waals surface area (Å²) in [4.78, 5) is 0. The Morgan fingerprint density at radius 3 is 2.60 bits per heavy atom. The third kappa shape index (κ3) is 5.70. The van der Waals surface area contributed by atoms with Crippen molar-refractivity contribution in [1.29, 1.82) is 5.26 Å². The Morgan fingerprint density at radius 2 is 2.00 bits per heavy atom. The summed E-state index contributed by atoms with van der Waals surface area (Å²) in [5.74, 6) is 0. The molecule has 0 heterocycles. The Balaban J connectivity index is 2.45. The maximum Gasteiger partial charge on any atom is 0.279 e. The summed E-state index contributed by atoms with van der Waals surface area (Å²) in [6, 6.07) is 11.7. The van der Waals surface area contributed by atoms with Crippen molar-refractivity contribution in [3.05, 3.63) is 35.9 Å². The summed E-state index contributed by atoms with van der Waals surface area (Å²) in [6.07, 6.45) is 1.75. The fourth-order valence-electron chi connectivity index (χ4n) is 1.76. The van der Waals surface area contributed by atoms with E-state index in [4.69, 9.17) is 5.26 Å². The van der Waals surface area contributed by atoms with Crippen molar-refractivity contribution in [2.45, 2.75) is 32.2 Å². The van der Waals surface area contributed by atoms with Gasteiger partial charge < -0.3 is 0 Å². The molecule has 0 fully saturated rings. The maximum absolute atomic E-state index is 12.0. The van der Waals surface area contributed by atoms with Crippen molar-refractivity contribution < 1.29 is 8.42 Å². The fraction of sp³-hybridized carbons (Fsp3) is 0.500. The van der Waals surface area contributed by atoms with Gasteiger partial charge in [-0.3, -0.25) is 0 Å². The molecular formula is C14H21N3O2S. The number of nitrogens with one attached hydrogen (secondary N) is 1. The van der Waals surface area contributed by atoms with Crippen molar-refractivity contribution in [2.24, 2.45) is 0 Å². The summed E-state index contributed by atoms with van der Waals surface area (Å²) in [5, 5.41) is 8.48. The van der Waals surface area contributed by atoms with E-state index in [1.54, 1.807) is 0 Å². The molecule has 0 radical (unpaired) electrons. The number of hydrogen-bond acceptors (Lipinski definition) is 3. The predicted molar refractivity (Wildman–Crippen MR) is 79.1 cm³/mol. The topological polar surface area (TPSA) is 73.2 Å². The number of hydrogen-bond donors (Lipinski definition) is 1. The van der Waals surface area contributed by atoms with E-state index in [2.05, 4.69) is 4.72 Å². The number of benzene rings is 1. The zero-order valence-corrected chi connectivity index (χ0v) is 12.7. The van der Waals surface area contributed by atoms with Gasteiger partial charge in [-0.1, -0.05) is 30.3 Å². The summed E-state index contributed by atoms with van der Waals surface area (Å²) in [6.45, 7) is 2.05. The minimum absolute atomic E-state index is 0.148. The molecule has 1 N–H and O–H groups in total. The van der Waals surface area contributed by atoms with Gasteiger partial charge in [0.25, 0.3) is 10.2 Å². The second-order valence-electron chi connectivity index (χ2n) is 4.78. The van der Waals surface area contributed by atoms with Gasteiger partial charge in [0.05, 0.1) is 6.07 Å². The van der Waals surface area contributed by atoms with Crippen LogP contribution in [0.15, 0.2) is 30.3 Å². The van der Waals surface area contributed by atoms with E-state index in [1.807, 2.05) is 43.3 Å². The molecule has 0 bridgehead atoms. The minimum Gasteiger partial charge on any atom is -0.199 e. The van der Waals surface area contributed by atoms with Crippen molar-refractivity contribution in [3.8, 4) is 6.07 Å². The highest BCUT2D eigenvalue weighted by Gasteiger charge is 2.19. The van der Waals surface area contributed by atoms with Crippen LogP contribution in [-0.2, 0) is 16.6 Å². The molecule has 1 unspecified atom stereocenters. The standard InChI is InChI=1S/C14H21N3O2S/c1-13(9-10-14-7-4-3-5-8-14)16-20(18,19)17(2)12-6-11-15/h3-5,7-8,13,16H,6,9-10,12H2,1-2H3. The van der Waals surface area contributed by atoms with Crippen molar-refractivity contribution in [1.82, 2.24) is 9.03 Å². The van der Waals surface area contributed by atoms with Gasteiger partial charge in [0.15, 0.2) is 0 Å². The first kappa shape index (κ1) is 16.6. The second kappa shape index (κ2) is 8.00. The highest BCUT2D eigenvalue weighted by molar-refractivity contribution is 7.87. The number of nitriles is 1. The lowest BCUT2D eigenvalue weighted by Crippen LogP contribution is -2.43. The lowest BCUT2D eigenvalue weighted by atomic mass is 10.1. The third-order valence-corrected chi connectivity index (χ3v) is 4.71. The summed E-state index contributed by atoms with van der Waals surface area (Å²) < 4.78 is 27.7. The van der Waals surface area contributed by atoms with Crippen LogP contribution >= 0.6 is 0 Å². The molecule has 1 aromatic rings. The molecule has 0 amide bonds. The first-order valence-corrected chi connectivity index (χ1v) is 8.04. The highest BCUT2D eigenvalue weighted by atomic mass is 32.2. The number of nitrogens with zero attached hydrogens (tertiary/aromatic N) is 2. The molecule has 6 heteroatoms. The quantitative estimate of drug-likeness (QED) is 0.793. The molecule has 110 valence electrons. The highest BCUT2D eigenvalue weighted by Crippen LogP contribution is 2.06. The molecule has 0 saturated heterocycles. The first-order chi connectivity index (χ1) is 9.45. The first-order valence-electron chi connectivity index (χ1n) is 6.60. The van der Waals surface area contributed by atoms with E-state index in [9.17, 15) is 8.42 Å². The lowest BCUT2D eigenvalue weighted by molar-refractivity contribution is 0.451. The molecule has 1 atom stereocenters. The van der Waals surface area contributed by atoms with Crippen LogP contribution in [0.3, 0.4) is 0 Å². The van der Waals surface area contributed by atoms with Gasteiger partial charge in [-0.05, 0) is 25.3 Å². The molecule has 0 aliphatic carbocycles. The molecule has 0 aliphatic rings. The van der Waals surface area contributed by atoms with Crippen molar-refractivity contribution >= 4 is 10.2 Å². The summed E-state index contributed by atoms with van der Waals surface area (Å²) in [7, 11) is -2.03. The Hall–Kier alpha value is -1.42. The van der Waals surface area contributed by atoms with Crippen LogP contribution in [0.25, 0.3) is 0 Å². The summed E-state index contributed by atoms with van der Waals surface area (Å²) >= 11 is 0. The van der Waals surface area contributed by atoms with Gasteiger partial charge in [0, 0.05) is 26.1 Å². The van der Waals surface area contributed by atoms with Crippen LogP contribution in [0.2, 0.25) is 0 Å². The molecule has 20 heavy (non-hydrogen) atoms. The van der Waals surface area contributed by atoms with E-state index in [0.717, 1.165) is 12.8 Å². The average molecular weight is 295 g/mol. The second-order valence-corrected chi connectivity index (χ2v) is 6.59. The monoisotopic (exact) mass is 295 g/mol. The molecule has 5 nitrogen and oxygen atoms in total. The minimum atomic E-state index is -3.50. The van der Waals surface area contributed by atoms with Crippen LogP contribution in [0.1, 0.15) is 25.3 Å².